The van der Waals surface area contributed by atoms with E-state index in [0.717, 1.165) is 42.0 Å². The van der Waals surface area contributed by atoms with Gasteiger partial charge in [-0.05, 0) is 53.4 Å². The first-order valence-electron chi connectivity index (χ1n) is 11.6. The zero-order valence-corrected chi connectivity index (χ0v) is 19.0. The smallest absolute Gasteiger partial charge is 0.120 e. The fraction of sp³-hybridized carbons (Fsp3) is 0.133. The van der Waals surface area contributed by atoms with Gasteiger partial charge in [0.2, 0.25) is 0 Å². The Balaban J connectivity index is 1.34. The molecule has 2 N–H and O–H groups in total. The highest BCUT2D eigenvalue weighted by atomic mass is 16.5. The molecular weight excluding hydrogens is 420 g/mol. The van der Waals surface area contributed by atoms with Crippen molar-refractivity contribution in [3.63, 3.8) is 0 Å². The van der Waals surface area contributed by atoms with Crippen LogP contribution in [0.5, 0.6) is 11.5 Å². The lowest BCUT2D eigenvalue weighted by Crippen LogP contribution is -2.25. The first-order chi connectivity index (χ1) is 16.7. The van der Waals surface area contributed by atoms with Crippen LogP contribution in [0.1, 0.15) is 16.7 Å². The van der Waals surface area contributed by atoms with Gasteiger partial charge in [-0.2, -0.15) is 0 Å². The van der Waals surface area contributed by atoms with Gasteiger partial charge in [0.05, 0.1) is 0 Å². The number of rotatable bonds is 9. The minimum atomic E-state index is 0.280. The molecule has 0 radical (unpaired) electrons. The normalized spacial score (nSPS) is 10.9. The summed E-state index contributed by atoms with van der Waals surface area (Å²) in [6.07, 6.45) is 2.96. The second-order valence-electron chi connectivity index (χ2n) is 8.47. The summed E-state index contributed by atoms with van der Waals surface area (Å²) in [5, 5.41) is 11.2. The molecule has 5 aromatic rings. The van der Waals surface area contributed by atoms with E-state index in [1.54, 1.807) is 6.07 Å². The Morgan fingerprint density at radius 3 is 2.29 bits per heavy atom. The van der Waals surface area contributed by atoms with Crippen molar-refractivity contribution in [1.29, 1.82) is 0 Å². The van der Waals surface area contributed by atoms with Crippen LogP contribution in [0, 0.1) is 0 Å². The van der Waals surface area contributed by atoms with E-state index in [0.29, 0.717) is 6.61 Å². The number of nitrogens with zero attached hydrogens (tertiary/aromatic N) is 1. The van der Waals surface area contributed by atoms with E-state index in [1.165, 1.54) is 16.5 Å². The van der Waals surface area contributed by atoms with Crippen LogP contribution < -0.4 is 9.64 Å². The summed E-state index contributed by atoms with van der Waals surface area (Å²) < 4.78 is 6.06. The van der Waals surface area contributed by atoms with Crippen LogP contribution in [-0.2, 0) is 19.6 Å². The van der Waals surface area contributed by atoms with Gasteiger partial charge >= 0.3 is 0 Å². The minimum absolute atomic E-state index is 0.280. The number of hydrogen-bond donors (Lipinski definition) is 2. The van der Waals surface area contributed by atoms with Gasteiger partial charge in [0.25, 0.3) is 0 Å². The molecule has 0 atom stereocenters. The van der Waals surface area contributed by atoms with Gasteiger partial charge in [-0.25, -0.2) is 0 Å². The van der Waals surface area contributed by atoms with Crippen molar-refractivity contribution in [2.24, 2.45) is 0 Å². The Morgan fingerprint density at radius 2 is 1.53 bits per heavy atom. The second kappa shape index (κ2) is 10.2. The second-order valence-corrected chi connectivity index (χ2v) is 8.47. The number of fused-ring (bicyclic) bond motifs is 1. The third kappa shape index (κ3) is 5.24. The minimum Gasteiger partial charge on any atom is -0.508 e. The summed E-state index contributed by atoms with van der Waals surface area (Å²) in [6.45, 7) is 2.15. The van der Waals surface area contributed by atoms with Crippen LogP contribution in [0.3, 0.4) is 0 Å². The molecule has 1 aromatic heterocycles. The average molecular weight is 449 g/mol. The van der Waals surface area contributed by atoms with Gasteiger partial charge in [-0.15, -0.1) is 0 Å². The topological polar surface area (TPSA) is 48.5 Å². The third-order valence-corrected chi connectivity index (χ3v) is 6.05. The van der Waals surface area contributed by atoms with Crippen molar-refractivity contribution in [3.8, 4) is 11.5 Å². The SMILES string of the molecule is Oc1cccc(N(CCc2c[nH]c3ccc(OCc4ccccc4)cc23)Cc2ccccc2)c1. The van der Waals surface area contributed by atoms with E-state index in [9.17, 15) is 5.11 Å². The standard InChI is InChI=1S/C30H28N2O2/c33-27-13-7-12-26(18-27)32(21-23-8-3-1-4-9-23)17-16-25-20-31-30-15-14-28(19-29(25)30)34-22-24-10-5-2-6-11-24/h1-15,18-20,31,33H,16-17,21-22H2. The number of H-pyrrole nitrogens is 1. The lowest BCUT2D eigenvalue weighted by atomic mass is 10.1. The van der Waals surface area contributed by atoms with Crippen molar-refractivity contribution in [3.05, 3.63) is 126 Å². The van der Waals surface area contributed by atoms with Crippen molar-refractivity contribution in [2.45, 2.75) is 19.6 Å². The Bertz CT molecular complexity index is 1350. The lowest BCUT2D eigenvalue weighted by Gasteiger charge is -2.25. The maximum Gasteiger partial charge on any atom is 0.120 e. The Kier molecular flexibility index (Phi) is 6.48. The molecule has 0 saturated heterocycles. The molecule has 0 aliphatic carbocycles. The fourth-order valence-electron chi connectivity index (χ4n) is 4.24. The van der Waals surface area contributed by atoms with Crippen molar-refractivity contribution in [1.82, 2.24) is 4.98 Å². The van der Waals surface area contributed by atoms with Crippen molar-refractivity contribution < 1.29 is 9.84 Å². The number of hydrogen-bond acceptors (Lipinski definition) is 3. The van der Waals surface area contributed by atoms with Gasteiger partial charge < -0.3 is 19.7 Å². The molecule has 0 aliphatic rings. The number of ether oxygens (including phenoxy) is 1. The molecule has 5 rings (SSSR count). The molecule has 0 aliphatic heterocycles. The van der Waals surface area contributed by atoms with Crippen LogP contribution in [-0.4, -0.2) is 16.6 Å². The lowest BCUT2D eigenvalue weighted by molar-refractivity contribution is 0.306. The number of aromatic nitrogens is 1. The highest BCUT2D eigenvalue weighted by Crippen LogP contribution is 2.27. The first-order valence-corrected chi connectivity index (χ1v) is 11.6. The fourth-order valence-corrected chi connectivity index (χ4v) is 4.24. The molecule has 1 heterocycles. The number of phenolic OH excluding ortho intramolecular Hbond substituents is 1. The average Bonchev–Trinajstić information content (AvgIpc) is 3.29. The van der Waals surface area contributed by atoms with E-state index in [4.69, 9.17) is 4.74 Å². The number of phenols is 1. The Labute approximate surface area is 200 Å². The molecule has 0 saturated carbocycles. The maximum absolute atomic E-state index is 10.0. The summed E-state index contributed by atoms with van der Waals surface area (Å²) in [4.78, 5) is 5.71. The highest BCUT2D eigenvalue weighted by molar-refractivity contribution is 5.84. The van der Waals surface area contributed by atoms with Gasteiger partial charge in [-0.1, -0.05) is 66.7 Å². The number of aromatic amines is 1. The van der Waals surface area contributed by atoms with E-state index in [-0.39, 0.29) is 5.75 Å². The number of benzene rings is 4. The van der Waals surface area contributed by atoms with Crippen LogP contribution in [0.15, 0.2) is 109 Å². The van der Waals surface area contributed by atoms with Gasteiger partial charge in [0.15, 0.2) is 0 Å². The van der Waals surface area contributed by atoms with Gasteiger partial charge in [0, 0.05) is 41.9 Å². The zero-order valence-electron chi connectivity index (χ0n) is 19.0. The highest BCUT2D eigenvalue weighted by Gasteiger charge is 2.12. The van der Waals surface area contributed by atoms with Gasteiger partial charge in [0.1, 0.15) is 18.1 Å². The predicted molar refractivity (Wildman–Crippen MR) is 138 cm³/mol. The van der Waals surface area contributed by atoms with E-state index >= 15 is 0 Å². The molecular formula is C30H28N2O2. The summed E-state index contributed by atoms with van der Waals surface area (Å²) >= 11 is 0. The Morgan fingerprint density at radius 1 is 0.765 bits per heavy atom. The molecule has 0 bridgehead atoms. The van der Waals surface area contributed by atoms with E-state index < -0.39 is 0 Å². The Hall–Kier alpha value is -4.18. The largest absolute Gasteiger partial charge is 0.508 e. The number of aromatic hydroxyl groups is 1. The monoisotopic (exact) mass is 448 g/mol. The maximum atomic E-state index is 10.0. The van der Waals surface area contributed by atoms with E-state index in [2.05, 4.69) is 64.6 Å². The number of nitrogens with one attached hydrogen (secondary N) is 1. The van der Waals surface area contributed by atoms with Crippen molar-refractivity contribution >= 4 is 16.6 Å². The predicted octanol–water partition coefficient (Wildman–Crippen LogP) is 6.70. The molecule has 0 amide bonds. The first kappa shape index (κ1) is 21.7. The summed E-state index contributed by atoms with van der Waals surface area (Å²) in [5.74, 6) is 1.15. The van der Waals surface area contributed by atoms with Crippen molar-refractivity contribution in [2.75, 3.05) is 11.4 Å². The molecule has 0 spiro atoms. The number of anilines is 1. The summed E-state index contributed by atoms with van der Waals surface area (Å²) in [7, 11) is 0. The van der Waals surface area contributed by atoms with Crippen LogP contribution in [0.2, 0.25) is 0 Å². The summed E-state index contributed by atoms with van der Waals surface area (Å²) in [5.41, 5.74) is 5.75. The summed E-state index contributed by atoms with van der Waals surface area (Å²) in [6, 6.07) is 34.3. The molecule has 34 heavy (non-hydrogen) atoms. The zero-order chi connectivity index (χ0) is 23.2. The van der Waals surface area contributed by atoms with Crippen LogP contribution in [0.4, 0.5) is 5.69 Å². The molecule has 170 valence electrons. The molecule has 0 fully saturated rings. The van der Waals surface area contributed by atoms with Crippen LogP contribution >= 0.6 is 0 Å². The molecule has 4 nitrogen and oxygen atoms in total. The third-order valence-electron chi connectivity index (χ3n) is 6.05. The van der Waals surface area contributed by atoms with Crippen LogP contribution in [0.25, 0.3) is 10.9 Å². The van der Waals surface area contributed by atoms with Gasteiger partial charge in [-0.3, -0.25) is 0 Å². The molecule has 4 heteroatoms. The molecule has 0 unspecified atom stereocenters. The molecule has 4 aromatic carbocycles. The van der Waals surface area contributed by atoms with E-state index in [1.807, 2.05) is 48.5 Å². The quantitative estimate of drug-likeness (QED) is 0.264.